The fraction of sp³-hybridized carbons (Fsp3) is 0.500. The first-order valence-corrected chi connectivity index (χ1v) is 6.29. The highest BCUT2D eigenvalue weighted by Crippen LogP contribution is 2.50. The first-order valence-electron chi connectivity index (χ1n) is 6.29. The van der Waals surface area contributed by atoms with E-state index in [4.69, 9.17) is 5.84 Å². The van der Waals surface area contributed by atoms with Crippen LogP contribution in [0.25, 0.3) is 0 Å². The average Bonchev–Trinajstić information content (AvgIpc) is 2.94. The highest BCUT2D eigenvalue weighted by molar-refractivity contribution is 5.94. The number of carbonyl (C=O) groups is 1. The minimum Gasteiger partial charge on any atom is -0.352 e. The number of amides is 1. The maximum atomic E-state index is 12.0. The molecule has 4 nitrogen and oxygen atoms in total. The summed E-state index contributed by atoms with van der Waals surface area (Å²) in [7, 11) is 0. The summed E-state index contributed by atoms with van der Waals surface area (Å²) >= 11 is 0. The van der Waals surface area contributed by atoms with Crippen LogP contribution >= 0.6 is 0 Å². The fourth-order valence-electron chi connectivity index (χ4n) is 2.21. The molecule has 1 aromatic rings. The first kappa shape index (κ1) is 12.9. The zero-order chi connectivity index (χ0) is 13.3. The lowest BCUT2D eigenvalue weighted by Gasteiger charge is -2.09. The van der Waals surface area contributed by atoms with Gasteiger partial charge in [0.05, 0.1) is 5.69 Å². The average molecular weight is 247 g/mol. The van der Waals surface area contributed by atoms with Crippen molar-refractivity contribution in [3.63, 3.8) is 0 Å². The van der Waals surface area contributed by atoms with Crippen LogP contribution in [0.5, 0.6) is 0 Å². The molecule has 0 saturated heterocycles. The number of carbonyl (C=O) groups excluding carboxylic acids is 1. The van der Waals surface area contributed by atoms with E-state index in [0.29, 0.717) is 16.9 Å². The molecule has 1 saturated carbocycles. The molecule has 1 aliphatic carbocycles. The number of rotatable bonds is 4. The predicted octanol–water partition coefficient (Wildman–Crippen LogP) is 2.06. The molecular formula is C14H21N3O. The predicted molar refractivity (Wildman–Crippen MR) is 73.2 cm³/mol. The number of hydrogen-bond donors (Lipinski definition) is 3. The van der Waals surface area contributed by atoms with Crippen molar-refractivity contribution in [2.75, 3.05) is 12.0 Å². The number of aryl methyl sites for hydroxylation is 1. The van der Waals surface area contributed by atoms with E-state index in [1.165, 1.54) is 6.42 Å². The van der Waals surface area contributed by atoms with Gasteiger partial charge in [-0.15, -0.1) is 0 Å². The minimum absolute atomic E-state index is 0.00984. The van der Waals surface area contributed by atoms with Crippen LogP contribution in [0.3, 0.4) is 0 Å². The second kappa shape index (κ2) is 4.61. The molecule has 0 bridgehead atoms. The van der Waals surface area contributed by atoms with E-state index in [-0.39, 0.29) is 5.91 Å². The molecule has 1 amide bonds. The summed E-state index contributed by atoms with van der Waals surface area (Å²) in [6, 6.07) is 5.46. The van der Waals surface area contributed by atoms with Crippen molar-refractivity contribution < 1.29 is 4.79 Å². The van der Waals surface area contributed by atoms with Gasteiger partial charge in [0.1, 0.15) is 0 Å². The summed E-state index contributed by atoms with van der Waals surface area (Å²) in [5, 5.41) is 2.99. The largest absolute Gasteiger partial charge is 0.352 e. The van der Waals surface area contributed by atoms with E-state index in [0.717, 1.165) is 17.8 Å². The molecule has 0 radical (unpaired) electrons. The van der Waals surface area contributed by atoms with E-state index >= 15 is 0 Å². The summed E-state index contributed by atoms with van der Waals surface area (Å²) in [4.78, 5) is 12.0. The highest BCUT2D eigenvalue weighted by Gasteiger charge is 2.45. The minimum atomic E-state index is -0.00984. The highest BCUT2D eigenvalue weighted by atomic mass is 16.1. The Morgan fingerprint density at radius 3 is 2.67 bits per heavy atom. The molecule has 0 spiro atoms. The summed E-state index contributed by atoms with van der Waals surface area (Å²) in [6.45, 7) is 7.16. The monoisotopic (exact) mass is 247 g/mol. The van der Waals surface area contributed by atoms with Crippen molar-refractivity contribution in [2.45, 2.75) is 27.2 Å². The van der Waals surface area contributed by atoms with Crippen molar-refractivity contribution in [3.8, 4) is 0 Å². The molecule has 1 fully saturated rings. The molecule has 98 valence electrons. The summed E-state index contributed by atoms with van der Waals surface area (Å²) in [6.07, 6.45) is 1.20. The lowest BCUT2D eigenvalue weighted by atomic mass is 10.1. The molecule has 2 rings (SSSR count). The SMILES string of the molecule is Cc1cc(C(=O)NCC2CC2(C)C)ccc1NN. The number of nitrogens with two attached hydrogens (primary N) is 1. The van der Waals surface area contributed by atoms with E-state index in [9.17, 15) is 4.79 Å². The molecule has 1 atom stereocenters. The Kier molecular flexibility index (Phi) is 3.30. The zero-order valence-corrected chi connectivity index (χ0v) is 11.2. The van der Waals surface area contributed by atoms with Crippen LogP contribution in [0.15, 0.2) is 18.2 Å². The maximum absolute atomic E-state index is 12.0. The van der Waals surface area contributed by atoms with Gasteiger partial charge >= 0.3 is 0 Å². The van der Waals surface area contributed by atoms with E-state index in [1.54, 1.807) is 6.07 Å². The fourth-order valence-corrected chi connectivity index (χ4v) is 2.21. The normalized spacial score (nSPS) is 20.3. The van der Waals surface area contributed by atoms with Gasteiger partial charge in [0.25, 0.3) is 5.91 Å². The quantitative estimate of drug-likeness (QED) is 0.563. The van der Waals surface area contributed by atoms with Crippen LogP contribution in [0.1, 0.15) is 36.2 Å². The number of hydrazine groups is 1. The van der Waals surface area contributed by atoms with Gasteiger partial charge in [0, 0.05) is 12.1 Å². The molecule has 0 heterocycles. The number of nitrogen functional groups attached to an aromatic ring is 1. The molecule has 4 heteroatoms. The van der Waals surface area contributed by atoms with Gasteiger partial charge in [-0.2, -0.15) is 0 Å². The molecular weight excluding hydrogens is 226 g/mol. The lowest BCUT2D eigenvalue weighted by molar-refractivity contribution is 0.0950. The smallest absolute Gasteiger partial charge is 0.251 e. The maximum Gasteiger partial charge on any atom is 0.251 e. The van der Waals surface area contributed by atoms with Gasteiger partial charge in [-0.1, -0.05) is 13.8 Å². The van der Waals surface area contributed by atoms with Crippen LogP contribution in [0, 0.1) is 18.3 Å². The molecule has 4 N–H and O–H groups in total. The van der Waals surface area contributed by atoms with E-state index in [1.807, 2.05) is 19.1 Å². The molecule has 18 heavy (non-hydrogen) atoms. The van der Waals surface area contributed by atoms with Crippen molar-refractivity contribution in [1.29, 1.82) is 0 Å². The van der Waals surface area contributed by atoms with Crippen LogP contribution in [0.4, 0.5) is 5.69 Å². The third kappa shape index (κ3) is 2.64. The standard InChI is InChI=1S/C14H21N3O/c1-9-6-10(4-5-12(9)17-15)13(18)16-8-11-7-14(11,2)3/h4-6,11,17H,7-8,15H2,1-3H3,(H,16,18). The number of hydrogen-bond acceptors (Lipinski definition) is 3. The van der Waals surface area contributed by atoms with Crippen LogP contribution in [0.2, 0.25) is 0 Å². The summed E-state index contributed by atoms with van der Waals surface area (Å²) in [5.41, 5.74) is 5.50. The van der Waals surface area contributed by atoms with Gasteiger partial charge < -0.3 is 10.7 Å². The molecule has 1 unspecified atom stereocenters. The molecule has 0 aromatic heterocycles. The van der Waals surface area contributed by atoms with Gasteiger partial charge in [-0.3, -0.25) is 10.6 Å². The van der Waals surface area contributed by atoms with Crippen LogP contribution < -0.4 is 16.6 Å². The zero-order valence-electron chi connectivity index (χ0n) is 11.2. The van der Waals surface area contributed by atoms with Crippen molar-refractivity contribution >= 4 is 11.6 Å². The number of nitrogens with one attached hydrogen (secondary N) is 2. The Labute approximate surface area is 108 Å². The van der Waals surface area contributed by atoms with Crippen LogP contribution in [-0.2, 0) is 0 Å². The van der Waals surface area contributed by atoms with Gasteiger partial charge in [0.2, 0.25) is 0 Å². The van der Waals surface area contributed by atoms with Crippen molar-refractivity contribution in [3.05, 3.63) is 29.3 Å². The summed E-state index contributed by atoms with van der Waals surface area (Å²) < 4.78 is 0. The Hall–Kier alpha value is -1.55. The van der Waals surface area contributed by atoms with Crippen LogP contribution in [-0.4, -0.2) is 12.5 Å². The Bertz CT molecular complexity index is 468. The van der Waals surface area contributed by atoms with Gasteiger partial charge in [-0.05, 0) is 48.4 Å². The van der Waals surface area contributed by atoms with Gasteiger partial charge in [0.15, 0.2) is 0 Å². The number of benzene rings is 1. The first-order chi connectivity index (χ1) is 8.44. The van der Waals surface area contributed by atoms with Crippen molar-refractivity contribution in [2.24, 2.45) is 17.2 Å². The second-order valence-corrected chi connectivity index (χ2v) is 5.77. The number of anilines is 1. The van der Waals surface area contributed by atoms with Crippen molar-refractivity contribution in [1.82, 2.24) is 5.32 Å². The van der Waals surface area contributed by atoms with Gasteiger partial charge in [-0.25, -0.2) is 0 Å². The second-order valence-electron chi connectivity index (χ2n) is 5.77. The van der Waals surface area contributed by atoms with E-state index in [2.05, 4.69) is 24.6 Å². The Balaban J connectivity index is 1.95. The Morgan fingerprint density at radius 2 is 2.17 bits per heavy atom. The molecule has 0 aliphatic heterocycles. The van der Waals surface area contributed by atoms with E-state index < -0.39 is 0 Å². The summed E-state index contributed by atoms with van der Waals surface area (Å²) in [5.74, 6) is 5.97. The third-order valence-corrected chi connectivity index (χ3v) is 3.87. The lowest BCUT2D eigenvalue weighted by Crippen LogP contribution is -2.26. The topological polar surface area (TPSA) is 67.2 Å². The third-order valence-electron chi connectivity index (χ3n) is 3.87. The molecule has 1 aromatic carbocycles. The Morgan fingerprint density at radius 1 is 1.50 bits per heavy atom. The molecule has 1 aliphatic rings.